The number of halogens is 1. The van der Waals surface area contributed by atoms with E-state index in [0.717, 1.165) is 24.6 Å². The summed E-state index contributed by atoms with van der Waals surface area (Å²) in [6.45, 7) is 6.54. The molecule has 1 aromatic rings. The standard InChI is InChI=1S/C12H19NO2.ClH/c1-4-13-9-10-6-7-11(14-3)12(8-10)15-5-2;/h6-8,13H,4-5,9H2,1-3H3;1H. The molecular formula is C12H20ClNO2. The smallest absolute Gasteiger partial charge is 0.161 e. The molecule has 0 bridgehead atoms. The van der Waals surface area contributed by atoms with E-state index in [4.69, 9.17) is 9.47 Å². The van der Waals surface area contributed by atoms with Gasteiger partial charge in [-0.3, -0.25) is 0 Å². The summed E-state index contributed by atoms with van der Waals surface area (Å²) in [4.78, 5) is 0. The van der Waals surface area contributed by atoms with Gasteiger partial charge in [0.2, 0.25) is 0 Å². The van der Waals surface area contributed by atoms with Crippen molar-refractivity contribution >= 4 is 12.4 Å². The van der Waals surface area contributed by atoms with Crippen LogP contribution in [0, 0.1) is 0 Å². The van der Waals surface area contributed by atoms with Crippen LogP contribution in [0.5, 0.6) is 11.5 Å². The number of hydrogen-bond donors (Lipinski definition) is 1. The second-order valence-corrected chi connectivity index (χ2v) is 3.20. The van der Waals surface area contributed by atoms with Crippen molar-refractivity contribution in [2.24, 2.45) is 0 Å². The Balaban J connectivity index is 0.00000225. The topological polar surface area (TPSA) is 30.5 Å². The maximum Gasteiger partial charge on any atom is 0.161 e. The minimum Gasteiger partial charge on any atom is -0.493 e. The van der Waals surface area contributed by atoms with E-state index >= 15 is 0 Å². The molecule has 0 radical (unpaired) electrons. The molecule has 0 amide bonds. The molecule has 0 unspecified atom stereocenters. The van der Waals surface area contributed by atoms with Gasteiger partial charge in [0.15, 0.2) is 11.5 Å². The molecule has 1 aromatic carbocycles. The monoisotopic (exact) mass is 245 g/mol. The van der Waals surface area contributed by atoms with Crippen molar-refractivity contribution in [3.8, 4) is 11.5 Å². The molecule has 0 saturated carbocycles. The van der Waals surface area contributed by atoms with E-state index in [2.05, 4.69) is 12.2 Å². The maximum absolute atomic E-state index is 5.50. The maximum atomic E-state index is 5.50. The lowest BCUT2D eigenvalue weighted by molar-refractivity contribution is 0.310. The van der Waals surface area contributed by atoms with Crippen LogP contribution in [-0.2, 0) is 6.54 Å². The molecule has 4 heteroatoms. The third-order valence-corrected chi connectivity index (χ3v) is 2.11. The van der Waals surface area contributed by atoms with Gasteiger partial charge in [0.1, 0.15) is 0 Å². The van der Waals surface area contributed by atoms with Crippen LogP contribution < -0.4 is 14.8 Å². The minimum atomic E-state index is 0. The first-order valence-corrected chi connectivity index (χ1v) is 5.32. The van der Waals surface area contributed by atoms with E-state index in [9.17, 15) is 0 Å². The molecule has 0 aliphatic rings. The van der Waals surface area contributed by atoms with Crippen LogP contribution in [0.4, 0.5) is 0 Å². The first-order chi connectivity index (χ1) is 7.31. The lowest BCUT2D eigenvalue weighted by Crippen LogP contribution is -2.11. The summed E-state index contributed by atoms with van der Waals surface area (Å²) in [5.41, 5.74) is 1.21. The molecule has 16 heavy (non-hydrogen) atoms. The number of rotatable bonds is 6. The summed E-state index contributed by atoms with van der Waals surface area (Å²) < 4.78 is 10.7. The molecule has 0 atom stereocenters. The fourth-order valence-corrected chi connectivity index (χ4v) is 1.37. The van der Waals surface area contributed by atoms with Crippen LogP contribution in [0.2, 0.25) is 0 Å². The molecule has 0 spiro atoms. The molecule has 0 aliphatic carbocycles. The predicted octanol–water partition coefficient (Wildman–Crippen LogP) is 2.63. The fraction of sp³-hybridized carbons (Fsp3) is 0.500. The van der Waals surface area contributed by atoms with Gasteiger partial charge in [-0.15, -0.1) is 12.4 Å². The highest BCUT2D eigenvalue weighted by Gasteiger charge is 2.04. The van der Waals surface area contributed by atoms with Crippen molar-refractivity contribution in [1.82, 2.24) is 5.32 Å². The van der Waals surface area contributed by atoms with Gasteiger partial charge in [-0.25, -0.2) is 0 Å². The molecule has 1 rings (SSSR count). The Labute approximate surface area is 104 Å². The van der Waals surface area contributed by atoms with Crippen molar-refractivity contribution in [2.75, 3.05) is 20.3 Å². The fourth-order valence-electron chi connectivity index (χ4n) is 1.37. The first-order valence-electron chi connectivity index (χ1n) is 5.32. The zero-order valence-electron chi connectivity index (χ0n) is 10.1. The van der Waals surface area contributed by atoms with Crippen LogP contribution in [0.25, 0.3) is 0 Å². The molecule has 0 aromatic heterocycles. The van der Waals surface area contributed by atoms with Crippen molar-refractivity contribution in [3.63, 3.8) is 0 Å². The highest BCUT2D eigenvalue weighted by molar-refractivity contribution is 5.85. The quantitative estimate of drug-likeness (QED) is 0.836. The van der Waals surface area contributed by atoms with Crippen LogP contribution in [0.15, 0.2) is 18.2 Å². The summed E-state index contributed by atoms with van der Waals surface area (Å²) in [5.74, 6) is 1.60. The first kappa shape index (κ1) is 15.1. The zero-order valence-corrected chi connectivity index (χ0v) is 10.9. The molecule has 3 nitrogen and oxygen atoms in total. The van der Waals surface area contributed by atoms with Crippen LogP contribution in [0.1, 0.15) is 19.4 Å². The average Bonchev–Trinajstić information content (AvgIpc) is 2.27. The Morgan fingerprint density at radius 3 is 2.50 bits per heavy atom. The summed E-state index contributed by atoms with van der Waals surface area (Å²) >= 11 is 0. The molecule has 0 fully saturated rings. The lowest BCUT2D eigenvalue weighted by atomic mass is 10.2. The third-order valence-electron chi connectivity index (χ3n) is 2.11. The summed E-state index contributed by atoms with van der Waals surface area (Å²) in [5, 5.41) is 3.27. The van der Waals surface area contributed by atoms with Gasteiger partial charge in [-0.05, 0) is 31.2 Å². The van der Waals surface area contributed by atoms with Gasteiger partial charge in [0.05, 0.1) is 13.7 Å². The number of ether oxygens (including phenoxy) is 2. The normalized spacial score (nSPS) is 9.44. The van der Waals surface area contributed by atoms with E-state index in [1.54, 1.807) is 7.11 Å². The molecule has 92 valence electrons. The Kier molecular flexibility index (Phi) is 7.77. The Morgan fingerprint density at radius 2 is 1.94 bits per heavy atom. The van der Waals surface area contributed by atoms with Gasteiger partial charge < -0.3 is 14.8 Å². The van der Waals surface area contributed by atoms with Gasteiger partial charge in [0, 0.05) is 6.54 Å². The van der Waals surface area contributed by atoms with Crippen LogP contribution in [0.3, 0.4) is 0 Å². The summed E-state index contributed by atoms with van der Waals surface area (Å²) in [6.07, 6.45) is 0. The van der Waals surface area contributed by atoms with E-state index in [-0.39, 0.29) is 12.4 Å². The van der Waals surface area contributed by atoms with Gasteiger partial charge in [0.25, 0.3) is 0 Å². The van der Waals surface area contributed by atoms with E-state index in [1.807, 2.05) is 25.1 Å². The Hall–Kier alpha value is -0.930. The number of hydrogen-bond acceptors (Lipinski definition) is 3. The molecule has 0 saturated heterocycles. The van der Waals surface area contributed by atoms with Gasteiger partial charge in [-0.2, -0.15) is 0 Å². The summed E-state index contributed by atoms with van der Waals surface area (Å²) in [6, 6.07) is 6.01. The second-order valence-electron chi connectivity index (χ2n) is 3.20. The number of methoxy groups -OCH3 is 1. The SMILES string of the molecule is CCNCc1ccc(OC)c(OCC)c1.Cl. The lowest BCUT2D eigenvalue weighted by Gasteiger charge is -2.11. The van der Waals surface area contributed by atoms with Crippen LogP contribution in [-0.4, -0.2) is 20.3 Å². The zero-order chi connectivity index (χ0) is 11.1. The Bertz CT molecular complexity index is 305. The Morgan fingerprint density at radius 1 is 1.19 bits per heavy atom. The van der Waals surface area contributed by atoms with Crippen molar-refractivity contribution in [1.29, 1.82) is 0 Å². The van der Waals surface area contributed by atoms with Gasteiger partial charge in [-0.1, -0.05) is 13.0 Å². The minimum absolute atomic E-state index is 0. The summed E-state index contributed by atoms with van der Waals surface area (Å²) in [7, 11) is 1.65. The average molecular weight is 246 g/mol. The number of benzene rings is 1. The van der Waals surface area contributed by atoms with Crippen LogP contribution >= 0.6 is 12.4 Å². The van der Waals surface area contributed by atoms with Crippen molar-refractivity contribution < 1.29 is 9.47 Å². The highest BCUT2D eigenvalue weighted by atomic mass is 35.5. The van der Waals surface area contributed by atoms with E-state index in [1.165, 1.54) is 5.56 Å². The second kappa shape index (κ2) is 8.25. The van der Waals surface area contributed by atoms with Gasteiger partial charge >= 0.3 is 0 Å². The van der Waals surface area contributed by atoms with E-state index in [0.29, 0.717) is 6.61 Å². The third kappa shape index (κ3) is 4.29. The van der Waals surface area contributed by atoms with Crippen molar-refractivity contribution in [2.45, 2.75) is 20.4 Å². The predicted molar refractivity (Wildman–Crippen MR) is 68.8 cm³/mol. The highest BCUT2D eigenvalue weighted by Crippen LogP contribution is 2.27. The number of nitrogens with one attached hydrogen (secondary N) is 1. The molecular weight excluding hydrogens is 226 g/mol. The molecule has 0 heterocycles. The molecule has 0 aliphatic heterocycles. The molecule has 1 N–H and O–H groups in total. The van der Waals surface area contributed by atoms with E-state index < -0.39 is 0 Å². The largest absolute Gasteiger partial charge is 0.493 e. The van der Waals surface area contributed by atoms with Crippen molar-refractivity contribution in [3.05, 3.63) is 23.8 Å².